The Kier molecular flexibility index (Phi) is 6.43. The van der Waals surface area contributed by atoms with Gasteiger partial charge in [-0.15, -0.1) is 11.8 Å². The van der Waals surface area contributed by atoms with Crippen molar-refractivity contribution in [1.82, 2.24) is 4.90 Å². The summed E-state index contributed by atoms with van der Waals surface area (Å²) in [6.07, 6.45) is 2.01. The molecule has 0 aliphatic carbocycles. The topological polar surface area (TPSA) is 76.1 Å². The van der Waals surface area contributed by atoms with Crippen LogP contribution >= 0.6 is 11.8 Å². The molecule has 1 aromatic carbocycles. The molecule has 1 N–H and O–H groups in total. The van der Waals surface area contributed by atoms with E-state index in [1.165, 1.54) is 11.8 Å². The first-order valence-corrected chi connectivity index (χ1v) is 9.96. The van der Waals surface area contributed by atoms with Crippen molar-refractivity contribution >= 4 is 23.6 Å². The Morgan fingerprint density at radius 2 is 2.08 bits per heavy atom. The summed E-state index contributed by atoms with van der Waals surface area (Å²) in [5.41, 5.74) is 0. The molecule has 0 aromatic heterocycles. The summed E-state index contributed by atoms with van der Waals surface area (Å²) in [7, 11) is 1.63. The van der Waals surface area contributed by atoms with E-state index < -0.39 is 11.9 Å². The molecule has 2 heterocycles. The van der Waals surface area contributed by atoms with Crippen molar-refractivity contribution in [2.45, 2.75) is 30.3 Å². The number of benzene rings is 1. The minimum Gasteiger partial charge on any atom is -0.497 e. The smallest absolute Gasteiger partial charge is 0.309 e. The SMILES string of the molecule is COc1cccc(SCC(=O)N2CCC([C@@H]3OCCC3C(=O)O)CC2)c1. The largest absolute Gasteiger partial charge is 0.497 e. The Labute approximate surface area is 157 Å². The first-order valence-electron chi connectivity index (χ1n) is 8.97. The summed E-state index contributed by atoms with van der Waals surface area (Å²) in [6, 6.07) is 7.69. The summed E-state index contributed by atoms with van der Waals surface area (Å²) in [6.45, 7) is 1.88. The summed E-state index contributed by atoms with van der Waals surface area (Å²) < 4.78 is 10.9. The average Bonchev–Trinajstić information content (AvgIpc) is 3.16. The molecule has 2 aliphatic rings. The highest BCUT2D eigenvalue weighted by Gasteiger charge is 2.40. The Morgan fingerprint density at radius 1 is 1.31 bits per heavy atom. The zero-order valence-corrected chi connectivity index (χ0v) is 15.7. The second-order valence-corrected chi connectivity index (χ2v) is 7.80. The summed E-state index contributed by atoms with van der Waals surface area (Å²) in [4.78, 5) is 26.7. The molecule has 26 heavy (non-hydrogen) atoms. The van der Waals surface area contributed by atoms with Gasteiger partial charge in [0, 0.05) is 24.6 Å². The van der Waals surface area contributed by atoms with Gasteiger partial charge in [-0.3, -0.25) is 9.59 Å². The molecular weight excluding hydrogens is 354 g/mol. The zero-order valence-electron chi connectivity index (χ0n) is 14.9. The van der Waals surface area contributed by atoms with E-state index in [9.17, 15) is 14.7 Å². The van der Waals surface area contributed by atoms with Crippen LogP contribution in [-0.4, -0.2) is 60.5 Å². The quantitative estimate of drug-likeness (QED) is 0.766. The number of aliphatic carboxylic acids is 1. The molecule has 2 atom stereocenters. The van der Waals surface area contributed by atoms with Crippen LogP contribution in [0.3, 0.4) is 0 Å². The van der Waals surface area contributed by atoms with Crippen molar-refractivity contribution in [3.63, 3.8) is 0 Å². The predicted molar refractivity (Wildman–Crippen MR) is 98.5 cm³/mol. The average molecular weight is 379 g/mol. The van der Waals surface area contributed by atoms with E-state index in [4.69, 9.17) is 9.47 Å². The lowest BCUT2D eigenvalue weighted by molar-refractivity contribution is -0.145. The zero-order chi connectivity index (χ0) is 18.5. The number of ether oxygens (including phenoxy) is 2. The third-order valence-electron chi connectivity index (χ3n) is 5.21. The number of hydrogen-bond acceptors (Lipinski definition) is 5. The lowest BCUT2D eigenvalue weighted by Gasteiger charge is -2.35. The van der Waals surface area contributed by atoms with Crippen molar-refractivity contribution in [1.29, 1.82) is 0 Å². The number of thioether (sulfide) groups is 1. The number of hydrogen-bond donors (Lipinski definition) is 1. The molecule has 7 heteroatoms. The van der Waals surface area contributed by atoms with Crippen molar-refractivity contribution in [3.05, 3.63) is 24.3 Å². The number of piperidine rings is 1. The molecular formula is C19H25NO5S. The molecule has 142 valence electrons. The molecule has 2 saturated heterocycles. The van der Waals surface area contributed by atoms with Gasteiger partial charge in [0.05, 0.1) is 24.9 Å². The number of methoxy groups -OCH3 is 1. The number of likely N-dealkylation sites (tertiary alicyclic amines) is 1. The molecule has 2 aliphatic heterocycles. The van der Waals surface area contributed by atoms with Crippen LogP contribution in [0.4, 0.5) is 0 Å². The molecule has 2 fully saturated rings. The first-order chi connectivity index (χ1) is 12.6. The van der Waals surface area contributed by atoms with Gasteiger partial charge in [0.2, 0.25) is 5.91 Å². The minimum absolute atomic E-state index is 0.124. The van der Waals surface area contributed by atoms with Crippen LogP contribution in [-0.2, 0) is 14.3 Å². The highest BCUT2D eigenvalue weighted by atomic mass is 32.2. The van der Waals surface area contributed by atoms with Crippen LogP contribution in [0.1, 0.15) is 19.3 Å². The summed E-state index contributed by atoms with van der Waals surface area (Å²) in [5.74, 6) is 0.377. The first kappa shape index (κ1) is 19.0. The van der Waals surface area contributed by atoms with Gasteiger partial charge in [-0.05, 0) is 43.4 Å². The second-order valence-electron chi connectivity index (χ2n) is 6.75. The Hall–Kier alpha value is -1.73. The monoisotopic (exact) mass is 379 g/mol. The lowest BCUT2D eigenvalue weighted by Crippen LogP contribution is -2.43. The number of nitrogens with zero attached hydrogens (tertiary/aromatic N) is 1. The van der Waals surface area contributed by atoms with Crippen molar-refractivity contribution in [2.75, 3.05) is 32.6 Å². The van der Waals surface area contributed by atoms with Crippen LogP contribution in [0.5, 0.6) is 5.75 Å². The number of carbonyl (C=O) groups excluding carboxylic acids is 1. The number of carboxylic acids is 1. The third-order valence-corrected chi connectivity index (χ3v) is 6.19. The van der Waals surface area contributed by atoms with E-state index in [-0.39, 0.29) is 17.9 Å². The molecule has 0 radical (unpaired) electrons. The van der Waals surface area contributed by atoms with Gasteiger partial charge < -0.3 is 19.5 Å². The van der Waals surface area contributed by atoms with Crippen LogP contribution < -0.4 is 4.74 Å². The minimum atomic E-state index is -0.763. The van der Waals surface area contributed by atoms with E-state index in [1.54, 1.807) is 7.11 Å². The second kappa shape index (κ2) is 8.77. The predicted octanol–water partition coefficient (Wildman–Crippen LogP) is 2.52. The van der Waals surface area contributed by atoms with Crippen LogP contribution in [0.15, 0.2) is 29.2 Å². The van der Waals surface area contributed by atoms with Crippen molar-refractivity contribution in [2.24, 2.45) is 11.8 Å². The van der Waals surface area contributed by atoms with E-state index in [0.29, 0.717) is 31.9 Å². The standard InChI is InChI=1S/C19H25NO5S/c1-24-14-3-2-4-15(11-14)26-12-17(21)20-8-5-13(6-9-20)18-16(19(22)23)7-10-25-18/h2-4,11,13,16,18H,5-10,12H2,1H3,(H,22,23)/t16?,18-/m0/s1. The van der Waals surface area contributed by atoms with Gasteiger partial charge in [-0.2, -0.15) is 0 Å². The maximum absolute atomic E-state index is 12.5. The Balaban J connectivity index is 1.47. The third kappa shape index (κ3) is 4.51. The number of rotatable bonds is 6. The van der Waals surface area contributed by atoms with Crippen LogP contribution in [0.2, 0.25) is 0 Å². The maximum Gasteiger partial charge on any atom is 0.309 e. The molecule has 0 saturated carbocycles. The lowest BCUT2D eigenvalue weighted by atomic mass is 9.84. The fourth-order valence-corrected chi connectivity index (χ4v) is 4.59. The highest BCUT2D eigenvalue weighted by Crippen LogP contribution is 2.33. The van der Waals surface area contributed by atoms with Gasteiger partial charge in [0.15, 0.2) is 0 Å². The molecule has 1 unspecified atom stereocenters. The normalized spacial score (nSPS) is 23.8. The van der Waals surface area contributed by atoms with Gasteiger partial charge >= 0.3 is 5.97 Å². The van der Waals surface area contributed by atoms with E-state index >= 15 is 0 Å². The van der Waals surface area contributed by atoms with Gasteiger partial charge in [-0.1, -0.05) is 6.07 Å². The summed E-state index contributed by atoms with van der Waals surface area (Å²) in [5, 5.41) is 9.31. The summed E-state index contributed by atoms with van der Waals surface area (Å²) >= 11 is 1.51. The number of amides is 1. The molecule has 0 bridgehead atoms. The number of carboxylic acid groups (broad SMARTS) is 1. The fraction of sp³-hybridized carbons (Fsp3) is 0.579. The van der Waals surface area contributed by atoms with E-state index in [0.717, 1.165) is 23.5 Å². The fourth-order valence-electron chi connectivity index (χ4n) is 3.74. The number of carbonyl (C=O) groups is 2. The van der Waals surface area contributed by atoms with E-state index in [1.807, 2.05) is 29.2 Å². The molecule has 1 aromatic rings. The Morgan fingerprint density at radius 3 is 2.77 bits per heavy atom. The highest BCUT2D eigenvalue weighted by molar-refractivity contribution is 8.00. The molecule has 6 nitrogen and oxygen atoms in total. The van der Waals surface area contributed by atoms with Gasteiger partial charge in [0.25, 0.3) is 0 Å². The van der Waals surface area contributed by atoms with Gasteiger partial charge in [0.1, 0.15) is 5.75 Å². The maximum atomic E-state index is 12.5. The van der Waals surface area contributed by atoms with E-state index in [2.05, 4.69) is 0 Å². The van der Waals surface area contributed by atoms with Crippen molar-refractivity contribution < 1.29 is 24.2 Å². The van der Waals surface area contributed by atoms with Crippen LogP contribution in [0.25, 0.3) is 0 Å². The van der Waals surface area contributed by atoms with Crippen LogP contribution in [0, 0.1) is 11.8 Å². The Bertz CT molecular complexity index is 645. The van der Waals surface area contributed by atoms with Gasteiger partial charge in [-0.25, -0.2) is 0 Å². The molecule has 1 amide bonds. The van der Waals surface area contributed by atoms with Crippen molar-refractivity contribution in [3.8, 4) is 5.75 Å². The molecule has 3 rings (SSSR count). The molecule has 0 spiro atoms.